The molecule has 0 bridgehead atoms. The van der Waals surface area contributed by atoms with Gasteiger partial charge < -0.3 is 19.5 Å². The Morgan fingerprint density at radius 3 is 2.64 bits per heavy atom. The molecular weight excluding hydrogens is 436 g/mol. The highest BCUT2D eigenvalue weighted by atomic mass is 32.1. The predicted octanol–water partition coefficient (Wildman–Crippen LogP) is 5.90. The average Bonchev–Trinajstić information content (AvgIpc) is 3.20. The number of aliphatic imine (C=N–C) groups is 1. The maximum absolute atomic E-state index is 13.5. The topological polar surface area (TPSA) is 69.2 Å². The summed E-state index contributed by atoms with van der Waals surface area (Å²) in [6.07, 6.45) is 4.64. The number of carbonyl (C=O) groups excluding carboxylic acids is 1. The third-order valence-corrected chi connectivity index (χ3v) is 7.00. The van der Waals surface area contributed by atoms with Crippen LogP contribution in [0.2, 0.25) is 0 Å². The highest BCUT2D eigenvalue weighted by Gasteiger charge is 2.28. The van der Waals surface area contributed by atoms with E-state index in [1.807, 2.05) is 42.5 Å². The number of nitrogens with zero attached hydrogens (tertiary/aromatic N) is 1. The molecule has 1 aromatic heterocycles. The summed E-state index contributed by atoms with van der Waals surface area (Å²) in [7, 11) is 4.84. The van der Waals surface area contributed by atoms with Gasteiger partial charge in [-0.2, -0.15) is 0 Å². The van der Waals surface area contributed by atoms with Crippen molar-refractivity contribution in [1.82, 2.24) is 0 Å². The Bertz CT molecular complexity index is 1190. The molecule has 33 heavy (non-hydrogen) atoms. The lowest BCUT2D eigenvalue weighted by Gasteiger charge is -2.18. The minimum atomic E-state index is -0.170. The number of benzene rings is 2. The van der Waals surface area contributed by atoms with Gasteiger partial charge in [-0.3, -0.25) is 4.79 Å². The Labute approximate surface area is 198 Å². The fourth-order valence-electron chi connectivity index (χ4n) is 4.06. The average molecular weight is 465 g/mol. The van der Waals surface area contributed by atoms with E-state index in [2.05, 4.69) is 12.2 Å². The van der Waals surface area contributed by atoms with E-state index in [0.29, 0.717) is 39.4 Å². The zero-order chi connectivity index (χ0) is 23.4. The SMILES string of the molecule is COc1ccc(OC)c(C=Nc2sc3c(c2C(=O)Nc2ccccc2OC)CCC(C)C3)c1. The summed E-state index contributed by atoms with van der Waals surface area (Å²) in [6.45, 7) is 2.25. The first-order chi connectivity index (χ1) is 16.0. The van der Waals surface area contributed by atoms with Crippen molar-refractivity contribution in [2.75, 3.05) is 26.6 Å². The standard InChI is InChI=1S/C26H28N2O4S/c1-16-9-11-19-23(13-16)33-26(27-15-17-14-18(30-2)10-12-21(17)31-3)24(19)25(29)28-20-7-5-6-8-22(20)32-4/h5-8,10,12,14-16H,9,11,13H2,1-4H3,(H,28,29). The molecule has 172 valence electrons. The van der Waals surface area contributed by atoms with E-state index in [1.54, 1.807) is 38.9 Å². The molecule has 3 aromatic rings. The molecule has 1 aliphatic rings. The second kappa shape index (κ2) is 10.1. The Hall–Kier alpha value is -3.32. The number of carbonyl (C=O) groups is 1. The number of amides is 1. The normalized spacial score (nSPS) is 15.2. The van der Waals surface area contributed by atoms with Gasteiger partial charge in [-0.05, 0) is 61.1 Å². The van der Waals surface area contributed by atoms with Gasteiger partial charge >= 0.3 is 0 Å². The summed E-state index contributed by atoms with van der Waals surface area (Å²) in [5.41, 5.74) is 3.17. The van der Waals surface area contributed by atoms with Crippen molar-refractivity contribution < 1.29 is 19.0 Å². The number of fused-ring (bicyclic) bond motifs is 1. The maximum atomic E-state index is 13.5. The van der Waals surface area contributed by atoms with Crippen LogP contribution in [0, 0.1) is 5.92 Å². The second-order valence-electron chi connectivity index (χ2n) is 8.05. The molecule has 0 radical (unpaired) electrons. The third kappa shape index (κ3) is 4.88. The minimum absolute atomic E-state index is 0.170. The molecule has 6 nitrogen and oxygen atoms in total. The van der Waals surface area contributed by atoms with Crippen molar-refractivity contribution in [3.05, 3.63) is 64.0 Å². The van der Waals surface area contributed by atoms with Gasteiger partial charge in [0.2, 0.25) is 0 Å². The van der Waals surface area contributed by atoms with Crippen LogP contribution in [0.15, 0.2) is 47.5 Å². The van der Waals surface area contributed by atoms with E-state index in [-0.39, 0.29) is 5.91 Å². The summed E-state index contributed by atoms with van der Waals surface area (Å²) in [4.78, 5) is 19.5. The van der Waals surface area contributed by atoms with E-state index in [9.17, 15) is 4.79 Å². The molecule has 1 heterocycles. The summed E-state index contributed by atoms with van der Waals surface area (Å²) in [5, 5.41) is 3.73. The second-order valence-corrected chi connectivity index (χ2v) is 9.14. The molecule has 1 atom stereocenters. The summed E-state index contributed by atoms with van der Waals surface area (Å²) < 4.78 is 16.2. The van der Waals surface area contributed by atoms with E-state index in [1.165, 1.54) is 4.88 Å². The van der Waals surface area contributed by atoms with Crippen LogP contribution < -0.4 is 19.5 Å². The fraction of sp³-hybridized carbons (Fsp3) is 0.308. The Balaban J connectivity index is 1.73. The molecule has 0 aliphatic heterocycles. The number of thiophene rings is 1. The number of para-hydroxylation sites is 2. The molecule has 0 saturated heterocycles. The Morgan fingerprint density at radius 1 is 1.09 bits per heavy atom. The molecule has 7 heteroatoms. The maximum Gasteiger partial charge on any atom is 0.259 e. The van der Waals surface area contributed by atoms with Crippen molar-refractivity contribution in [2.45, 2.75) is 26.2 Å². The van der Waals surface area contributed by atoms with E-state index >= 15 is 0 Å². The molecule has 4 rings (SSSR count). The van der Waals surface area contributed by atoms with Crippen LogP contribution in [0.4, 0.5) is 10.7 Å². The first kappa shape index (κ1) is 22.9. The smallest absolute Gasteiger partial charge is 0.259 e. The molecule has 1 amide bonds. The van der Waals surface area contributed by atoms with Gasteiger partial charge in [-0.25, -0.2) is 4.99 Å². The number of hydrogen-bond acceptors (Lipinski definition) is 6. The molecule has 0 spiro atoms. The van der Waals surface area contributed by atoms with Crippen molar-refractivity contribution >= 4 is 34.1 Å². The number of methoxy groups -OCH3 is 3. The molecule has 2 aromatic carbocycles. The zero-order valence-electron chi connectivity index (χ0n) is 19.3. The van der Waals surface area contributed by atoms with Crippen LogP contribution in [-0.2, 0) is 12.8 Å². The van der Waals surface area contributed by atoms with Crippen molar-refractivity contribution in [2.24, 2.45) is 10.9 Å². The van der Waals surface area contributed by atoms with Gasteiger partial charge in [-0.15, -0.1) is 11.3 Å². The summed E-state index contributed by atoms with van der Waals surface area (Å²) in [6, 6.07) is 13.0. The quantitative estimate of drug-likeness (QED) is 0.442. The van der Waals surface area contributed by atoms with Gasteiger partial charge in [0.1, 0.15) is 22.2 Å². The number of nitrogens with one attached hydrogen (secondary N) is 1. The van der Waals surface area contributed by atoms with E-state index in [0.717, 1.165) is 30.4 Å². The molecule has 1 unspecified atom stereocenters. The largest absolute Gasteiger partial charge is 0.497 e. The van der Waals surface area contributed by atoms with Crippen LogP contribution in [0.25, 0.3) is 0 Å². The van der Waals surface area contributed by atoms with Crippen molar-refractivity contribution in [3.8, 4) is 17.2 Å². The molecule has 1 aliphatic carbocycles. The van der Waals surface area contributed by atoms with Crippen LogP contribution >= 0.6 is 11.3 Å². The highest BCUT2D eigenvalue weighted by molar-refractivity contribution is 7.16. The number of rotatable bonds is 7. The predicted molar refractivity (Wildman–Crippen MR) is 133 cm³/mol. The van der Waals surface area contributed by atoms with Gasteiger partial charge in [0.25, 0.3) is 5.91 Å². The number of anilines is 1. The zero-order valence-corrected chi connectivity index (χ0v) is 20.1. The van der Waals surface area contributed by atoms with Gasteiger partial charge in [0.05, 0.1) is 32.6 Å². The molecule has 0 saturated carbocycles. The highest BCUT2D eigenvalue weighted by Crippen LogP contribution is 2.42. The van der Waals surface area contributed by atoms with Crippen LogP contribution in [0.5, 0.6) is 17.2 Å². The first-order valence-electron chi connectivity index (χ1n) is 10.9. The summed E-state index contributed by atoms with van der Waals surface area (Å²) in [5.74, 6) is 2.45. The Kier molecular flexibility index (Phi) is 6.99. The molecular formula is C26H28N2O4S. The number of ether oxygens (including phenoxy) is 3. The molecule has 1 N–H and O–H groups in total. The lowest BCUT2D eigenvalue weighted by Crippen LogP contribution is -2.17. The monoisotopic (exact) mass is 464 g/mol. The van der Waals surface area contributed by atoms with Crippen LogP contribution in [0.3, 0.4) is 0 Å². The van der Waals surface area contributed by atoms with Crippen LogP contribution in [-0.4, -0.2) is 33.5 Å². The lowest BCUT2D eigenvalue weighted by molar-refractivity contribution is 0.102. The van der Waals surface area contributed by atoms with Gasteiger partial charge in [0.15, 0.2) is 0 Å². The molecule has 0 fully saturated rings. The number of hydrogen-bond donors (Lipinski definition) is 1. The lowest BCUT2D eigenvalue weighted by atomic mass is 9.88. The van der Waals surface area contributed by atoms with Gasteiger partial charge in [0, 0.05) is 16.7 Å². The van der Waals surface area contributed by atoms with E-state index in [4.69, 9.17) is 19.2 Å². The van der Waals surface area contributed by atoms with Gasteiger partial charge in [-0.1, -0.05) is 19.1 Å². The van der Waals surface area contributed by atoms with Crippen molar-refractivity contribution in [3.63, 3.8) is 0 Å². The fourth-order valence-corrected chi connectivity index (χ4v) is 5.41. The third-order valence-electron chi connectivity index (χ3n) is 5.83. The van der Waals surface area contributed by atoms with Crippen molar-refractivity contribution in [1.29, 1.82) is 0 Å². The van der Waals surface area contributed by atoms with E-state index < -0.39 is 0 Å². The van der Waals surface area contributed by atoms with Crippen LogP contribution in [0.1, 0.15) is 39.7 Å². The Morgan fingerprint density at radius 2 is 1.88 bits per heavy atom. The minimum Gasteiger partial charge on any atom is -0.497 e. The first-order valence-corrected chi connectivity index (χ1v) is 11.7. The summed E-state index contributed by atoms with van der Waals surface area (Å²) >= 11 is 1.60.